The van der Waals surface area contributed by atoms with Crippen LogP contribution in [-0.2, 0) is 6.42 Å². The first-order valence-corrected chi connectivity index (χ1v) is 3.50. The lowest BCUT2D eigenvalue weighted by atomic mass is 10.2. The van der Waals surface area contributed by atoms with Crippen LogP contribution < -0.4 is 0 Å². The van der Waals surface area contributed by atoms with Gasteiger partial charge in [-0.1, -0.05) is 6.07 Å². The summed E-state index contributed by atoms with van der Waals surface area (Å²) in [6.07, 6.45) is 0.626. The molecule has 0 bridgehead atoms. The first-order chi connectivity index (χ1) is 5.24. The number of rotatable bonds is 2. The van der Waals surface area contributed by atoms with E-state index >= 15 is 0 Å². The molecule has 0 aliphatic carbocycles. The second-order valence-corrected chi connectivity index (χ2v) is 2.32. The van der Waals surface area contributed by atoms with Crippen molar-refractivity contribution in [2.45, 2.75) is 13.3 Å². The molecule has 2 heteroatoms. The standard InChI is InChI=1S/C9H10NO/c1-3-8-5-4-6-9(10-8)7(2)11/h4-6H,1,3H2,2H3. The molecule has 0 aliphatic heterocycles. The third-order valence-corrected chi connectivity index (χ3v) is 1.42. The average Bonchev–Trinajstić information content (AvgIpc) is 2.05. The summed E-state index contributed by atoms with van der Waals surface area (Å²) in [6.45, 7) is 5.19. The fraction of sp³-hybridized carbons (Fsp3) is 0.222. The van der Waals surface area contributed by atoms with E-state index in [1.54, 1.807) is 6.07 Å². The SMILES string of the molecule is [CH2]Cc1cccc(C(C)=O)n1. The maximum absolute atomic E-state index is 10.8. The molecular formula is C9H10NO. The summed E-state index contributed by atoms with van der Waals surface area (Å²) >= 11 is 0. The van der Waals surface area contributed by atoms with Crippen LogP contribution >= 0.6 is 0 Å². The highest BCUT2D eigenvalue weighted by molar-refractivity contribution is 5.92. The van der Waals surface area contributed by atoms with E-state index in [1.807, 2.05) is 12.1 Å². The molecule has 0 atom stereocenters. The molecule has 1 heterocycles. The van der Waals surface area contributed by atoms with Gasteiger partial charge in [-0.15, -0.1) is 0 Å². The molecule has 0 aliphatic rings. The molecule has 11 heavy (non-hydrogen) atoms. The van der Waals surface area contributed by atoms with E-state index in [4.69, 9.17) is 0 Å². The molecule has 57 valence electrons. The zero-order chi connectivity index (χ0) is 8.27. The van der Waals surface area contributed by atoms with Crippen LogP contribution in [0.15, 0.2) is 18.2 Å². The van der Waals surface area contributed by atoms with Crippen molar-refractivity contribution in [3.63, 3.8) is 0 Å². The van der Waals surface area contributed by atoms with Crippen molar-refractivity contribution in [2.24, 2.45) is 0 Å². The van der Waals surface area contributed by atoms with E-state index in [9.17, 15) is 4.79 Å². The molecule has 1 radical (unpaired) electrons. The Labute approximate surface area is 66.3 Å². The van der Waals surface area contributed by atoms with E-state index in [2.05, 4.69) is 11.9 Å². The lowest BCUT2D eigenvalue weighted by Gasteiger charge is -1.97. The Bertz CT molecular complexity index is 268. The van der Waals surface area contributed by atoms with E-state index < -0.39 is 0 Å². The molecule has 1 rings (SSSR count). The van der Waals surface area contributed by atoms with Crippen LogP contribution in [-0.4, -0.2) is 10.8 Å². The van der Waals surface area contributed by atoms with E-state index in [0.29, 0.717) is 12.1 Å². The predicted octanol–water partition coefficient (Wildman–Crippen LogP) is 1.66. The third kappa shape index (κ3) is 1.87. The van der Waals surface area contributed by atoms with Crippen molar-refractivity contribution >= 4 is 5.78 Å². The fourth-order valence-corrected chi connectivity index (χ4v) is 0.815. The monoisotopic (exact) mass is 148 g/mol. The van der Waals surface area contributed by atoms with Gasteiger partial charge < -0.3 is 0 Å². The average molecular weight is 148 g/mol. The van der Waals surface area contributed by atoms with Crippen molar-refractivity contribution in [1.82, 2.24) is 4.98 Å². The van der Waals surface area contributed by atoms with Gasteiger partial charge in [0.15, 0.2) is 5.78 Å². The Morgan fingerprint density at radius 1 is 1.64 bits per heavy atom. The van der Waals surface area contributed by atoms with E-state index in [1.165, 1.54) is 6.92 Å². The molecule has 0 unspecified atom stereocenters. The highest BCUT2D eigenvalue weighted by atomic mass is 16.1. The Hall–Kier alpha value is -1.18. The number of Topliss-reactive ketones (excluding diaryl/α,β-unsaturated/α-hetero) is 1. The van der Waals surface area contributed by atoms with Gasteiger partial charge in [0, 0.05) is 12.6 Å². The lowest BCUT2D eigenvalue weighted by molar-refractivity contribution is 0.101. The molecule has 0 amide bonds. The van der Waals surface area contributed by atoms with Gasteiger partial charge in [0.1, 0.15) is 5.69 Å². The van der Waals surface area contributed by atoms with Crippen molar-refractivity contribution in [3.05, 3.63) is 36.5 Å². The third-order valence-electron chi connectivity index (χ3n) is 1.42. The van der Waals surface area contributed by atoms with E-state index in [-0.39, 0.29) is 5.78 Å². The molecule has 0 saturated heterocycles. The summed E-state index contributed by atoms with van der Waals surface area (Å²) in [5, 5.41) is 0. The van der Waals surface area contributed by atoms with Crippen LogP contribution in [0, 0.1) is 6.92 Å². The molecule has 0 saturated carbocycles. The normalized spacial score (nSPS) is 9.64. The summed E-state index contributed by atoms with van der Waals surface area (Å²) in [6, 6.07) is 5.39. The first-order valence-electron chi connectivity index (χ1n) is 3.50. The maximum atomic E-state index is 10.8. The summed E-state index contributed by atoms with van der Waals surface area (Å²) in [4.78, 5) is 14.9. The number of nitrogens with zero attached hydrogens (tertiary/aromatic N) is 1. The van der Waals surface area contributed by atoms with Crippen molar-refractivity contribution in [1.29, 1.82) is 0 Å². The number of aromatic nitrogens is 1. The topological polar surface area (TPSA) is 30.0 Å². The van der Waals surface area contributed by atoms with Gasteiger partial charge in [0.25, 0.3) is 0 Å². The number of carbonyl (C=O) groups is 1. The Morgan fingerprint density at radius 3 is 2.91 bits per heavy atom. The number of ketones is 1. The Balaban J connectivity index is 3.01. The Morgan fingerprint density at radius 2 is 2.36 bits per heavy atom. The van der Waals surface area contributed by atoms with Crippen molar-refractivity contribution < 1.29 is 4.79 Å². The van der Waals surface area contributed by atoms with Crippen LogP contribution in [0.2, 0.25) is 0 Å². The minimum atomic E-state index is 0.000278. The molecule has 2 nitrogen and oxygen atoms in total. The van der Waals surface area contributed by atoms with Gasteiger partial charge in [-0.25, -0.2) is 4.98 Å². The van der Waals surface area contributed by atoms with Crippen LogP contribution in [0.25, 0.3) is 0 Å². The van der Waals surface area contributed by atoms with Crippen LogP contribution in [0.3, 0.4) is 0 Å². The molecule has 1 aromatic rings. The van der Waals surface area contributed by atoms with Gasteiger partial charge in [0.05, 0.1) is 0 Å². The smallest absolute Gasteiger partial charge is 0.178 e. The number of hydrogen-bond donors (Lipinski definition) is 0. The van der Waals surface area contributed by atoms with Crippen LogP contribution in [0.1, 0.15) is 23.1 Å². The zero-order valence-electron chi connectivity index (χ0n) is 6.50. The molecule has 1 aromatic heterocycles. The summed E-state index contributed by atoms with van der Waals surface area (Å²) in [5.74, 6) is 0.000278. The number of pyridine rings is 1. The summed E-state index contributed by atoms with van der Waals surface area (Å²) < 4.78 is 0. The minimum absolute atomic E-state index is 0.000278. The van der Waals surface area contributed by atoms with Crippen molar-refractivity contribution in [3.8, 4) is 0 Å². The Kier molecular flexibility index (Phi) is 2.36. The first kappa shape index (κ1) is 7.92. The molecule has 0 fully saturated rings. The molecule has 0 N–H and O–H groups in total. The summed E-state index contributed by atoms with van der Waals surface area (Å²) in [7, 11) is 0. The molecule has 0 spiro atoms. The number of carbonyl (C=O) groups excluding carboxylic acids is 1. The number of hydrogen-bond acceptors (Lipinski definition) is 2. The second-order valence-electron chi connectivity index (χ2n) is 2.32. The second kappa shape index (κ2) is 3.28. The quantitative estimate of drug-likeness (QED) is 0.597. The zero-order valence-corrected chi connectivity index (χ0v) is 6.50. The summed E-state index contributed by atoms with van der Waals surface area (Å²) in [5.41, 5.74) is 1.38. The largest absolute Gasteiger partial charge is 0.293 e. The van der Waals surface area contributed by atoms with E-state index in [0.717, 1.165) is 5.69 Å². The van der Waals surface area contributed by atoms with Gasteiger partial charge in [-0.2, -0.15) is 0 Å². The fourth-order valence-electron chi connectivity index (χ4n) is 0.815. The van der Waals surface area contributed by atoms with Crippen LogP contribution in [0.5, 0.6) is 0 Å². The van der Waals surface area contributed by atoms with Gasteiger partial charge in [0.2, 0.25) is 0 Å². The van der Waals surface area contributed by atoms with Crippen molar-refractivity contribution in [2.75, 3.05) is 0 Å². The van der Waals surface area contributed by atoms with Gasteiger partial charge >= 0.3 is 0 Å². The highest BCUT2D eigenvalue weighted by Gasteiger charge is 1.99. The van der Waals surface area contributed by atoms with Crippen LogP contribution in [0.4, 0.5) is 0 Å². The predicted molar refractivity (Wildman–Crippen MR) is 43.3 cm³/mol. The lowest BCUT2D eigenvalue weighted by Crippen LogP contribution is -1.98. The van der Waals surface area contributed by atoms with Gasteiger partial charge in [-0.05, 0) is 25.5 Å². The highest BCUT2D eigenvalue weighted by Crippen LogP contribution is 2.00. The maximum Gasteiger partial charge on any atom is 0.178 e. The molecular weight excluding hydrogens is 138 g/mol. The van der Waals surface area contributed by atoms with Gasteiger partial charge in [-0.3, -0.25) is 4.79 Å². The minimum Gasteiger partial charge on any atom is -0.293 e. The molecule has 0 aromatic carbocycles.